The van der Waals surface area contributed by atoms with Gasteiger partial charge in [0.2, 0.25) is 0 Å². The normalized spacial score (nSPS) is 10.3. The van der Waals surface area contributed by atoms with Crippen molar-refractivity contribution in [3.05, 3.63) is 33.8 Å². The fraction of sp³-hybridized carbons (Fsp3) is 0.333. The van der Waals surface area contributed by atoms with Crippen molar-refractivity contribution in [3.8, 4) is 11.5 Å². The number of aryl methyl sites for hydroxylation is 2. The van der Waals surface area contributed by atoms with Crippen molar-refractivity contribution in [3.63, 3.8) is 0 Å². The summed E-state index contributed by atoms with van der Waals surface area (Å²) in [6.07, 6.45) is 0. The lowest BCUT2D eigenvalue weighted by atomic mass is 10.1. The number of methoxy groups -OCH3 is 2. The van der Waals surface area contributed by atoms with Gasteiger partial charge in [-0.3, -0.25) is 10.1 Å². The number of benzene rings is 1. The molecule has 0 saturated carbocycles. The van der Waals surface area contributed by atoms with Crippen molar-refractivity contribution in [2.24, 2.45) is 0 Å². The van der Waals surface area contributed by atoms with Crippen molar-refractivity contribution >= 4 is 22.4 Å². The van der Waals surface area contributed by atoms with Gasteiger partial charge in [-0.2, -0.15) is 0 Å². The summed E-state index contributed by atoms with van der Waals surface area (Å²) in [7, 11) is 3.12. The molecule has 0 aliphatic rings. The smallest absolute Gasteiger partial charge is 0.261 e. The van der Waals surface area contributed by atoms with Gasteiger partial charge in [0, 0.05) is 10.4 Å². The first-order valence-corrected chi connectivity index (χ1v) is 7.26. The molecule has 112 valence electrons. The molecule has 0 aliphatic heterocycles. The molecular weight excluding hydrogens is 288 g/mol. The minimum atomic E-state index is -0.244. The average molecular weight is 306 g/mol. The first-order chi connectivity index (χ1) is 9.97. The zero-order chi connectivity index (χ0) is 15.6. The van der Waals surface area contributed by atoms with Crippen LogP contribution in [0.5, 0.6) is 11.5 Å². The number of hydrogen-bond acceptors (Lipinski definition) is 5. The van der Waals surface area contributed by atoms with Gasteiger partial charge in [0.05, 0.1) is 25.5 Å². The minimum absolute atomic E-state index is 0.244. The van der Waals surface area contributed by atoms with Crippen LogP contribution in [0.2, 0.25) is 0 Å². The maximum absolute atomic E-state index is 12.4. The molecule has 21 heavy (non-hydrogen) atoms. The van der Waals surface area contributed by atoms with Crippen LogP contribution in [0.1, 0.15) is 26.5 Å². The van der Waals surface area contributed by atoms with E-state index in [1.807, 2.05) is 20.8 Å². The Balaban J connectivity index is 2.32. The maximum atomic E-state index is 12.4. The zero-order valence-electron chi connectivity index (χ0n) is 12.7. The van der Waals surface area contributed by atoms with E-state index in [0.29, 0.717) is 22.2 Å². The molecule has 0 unspecified atom stereocenters. The predicted molar refractivity (Wildman–Crippen MR) is 83.8 cm³/mol. The van der Waals surface area contributed by atoms with Crippen LogP contribution in [-0.4, -0.2) is 25.1 Å². The van der Waals surface area contributed by atoms with Gasteiger partial charge in [0.25, 0.3) is 5.91 Å². The molecule has 0 bridgehead atoms. The summed E-state index contributed by atoms with van der Waals surface area (Å²) < 4.78 is 10.6. The van der Waals surface area contributed by atoms with E-state index in [2.05, 4.69) is 10.3 Å². The number of thiazole rings is 1. The van der Waals surface area contributed by atoms with E-state index in [9.17, 15) is 4.79 Å². The summed E-state index contributed by atoms with van der Waals surface area (Å²) in [6, 6.07) is 3.44. The van der Waals surface area contributed by atoms with E-state index in [-0.39, 0.29) is 5.91 Å². The maximum Gasteiger partial charge on any atom is 0.261 e. The van der Waals surface area contributed by atoms with Gasteiger partial charge in [0.1, 0.15) is 11.5 Å². The van der Waals surface area contributed by atoms with Crippen LogP contribution >= 0.6 is 11.3 Å². The fourth-order valence-corrected chi connectivity index (χ4v) is 2.84. The highest BCUT2D eigenvalue weighted by molar-refractivity contribution is 7.15. The molecule has 0 fully saturated rings. The number of anilines is 1. The molecule has 1 heterocycles. The van der Waals surface area contributed by atoms with Gasteiger partial charge >= 0.3 is 0 Å². The molecule has 0 spiro atoms. The van der Waals surface area contributed by atoms with Gasteiger partial charge in [-0.05, 0) is 32.9 Å². The first kappa shape index (κ1) is 15.3. The van der Waals surface area contributed by atoms with Crippen LogP contribution in [-0.2, 0) is 0 Å². The molecular formula is C15H18N2O3S. The van der Waals surface area contributed by atoms with E-state index in [0.717, 1.165) is 16.1 Å². The van der Waals surface area contributed by atoms with Gasteiger partial charge in [-0.15, -0.1) is 11.3 Å². The van der Waals surface area contributed by atoms with Crippen LogP contribution in [0.3, 0.4) is 0 Å². The molecule has 2 aromatic rings. The number of ether oxygens (including phenoxy) is 2. The van der Waals surface area contributed by atoms with E-state index >= 15 is 0 Å². The molecule has 1 aromatic heterocycles. The number of nitrogens with zero attached hydrogens (tertiary/aromatic N) is 1. The monoisotopic (exact) mass is 306 g/mol. The van der Waals surface area contributed by atoms with Crippen LogP contribution in [0.25, 0.3) is 0 Å². The van der Waals surface area contributed by atoms with Crippen LogP contribution in [0, 0.1) is 20.8 Å². The van der Waals surface area contributed by atoms with Crippen molar-refractivity contribution in [2.45, 2.75) is 20.8 Å². The minimum Gasteiger partial charge on any atom is -0.496 e. The molecule has 2 rings (SSSR count). The highest BCUT2D eigenvalue weighted by atomic mass is 32.1. The Kier molecular flexibility index (Phi) is 4.47. The number of carbonyl (C=O) groups is 1. The van der Waals surface area contributed by atoms with Crippen molar-refractivity contribution in [2.75, 3.05) is 19.5 Å². The van der Waals surface area contributed by atoms with Crippen LogP contribution in [0.4, 0.5) is 5.13 Å². The van der Waals surface area contributed by atoms with E-state index in [4.69, 9.17) is 9.47 Å². The third-order valence-electron chi connectivity index (χ3n) is 3.27. The van der Waals surface area contributed by atoms with Crippen molar-refractivity contribution in [1.29, 1.82) is 0 Å². The second-order valence-corrected chi connectivity index (χ2v) is 5.79. The Labute approximate surface area is 127 Å². The van der Waals surface area contributed by atoms with Gasteiger partial charge in [-0.25, -0.2) is 4.98 Å². The lowest BCUT2D eigenvalue weighted by Crippen LogP contribution is -2.14. The number of nitrogens with one attached hydrogen (secondary N) is 1. The van der Waals surface area contributed by atoms with E-state index in [1.165, 1.54) is 18.4 Å². The molecule has 0 saturated heterocycles. The Morgan fingerprint density at radius 1 is 1.19 bits per heavy atom. The Hall–Kier alpha value is -2.08. The van der Waals surface area contributed by atoms with Crippen molar-refractivity contribution < 1.29 is 14.3 Å². The summed E-state index contributed by atoms with van der Waals surface area (Å²) >= 11 is 1.45. The summed E-state index contributed by atoms with van der Waals surface area (Å²) in [6.45, 7) is 5.74. The second-order valence-electron chi connectivity index (χ2n) is 4.59. The van der Waals surface area contributed by atoms with Gasteiger partial charge in [0.15, 0.2) is 5.13 Å². The number of carbonyl (C=O) groups excluding carboxylic acids is 1. The van der Waals surface area contributed by atoms with Gasteiger partial charge < -0.3 is 9.47 Å². The summed E-state index contributed by atoms with van der Waals surface area (Å²) in [5.41, 5.74) is 2.17. The molecule has 1 amide bonds. The molecule has 1 aromatic carbocycles. The molecule has 6 heteroatoms. The summed E-state index contributed by atoms with van der Waals surface area (Å²) in [4.78, 5) is 17.8. The zero-order valence-corrected chi connectivity index (χ0v) is 13.6. The van der Waals surface area contributed by atoms with Gasteiger partial charge in [-0.1, -0.05) is 0 Å². The Bertz CT molecular complexity index is 660. The third-order valence-corrected chi connectivity index (χ3v) is 4.26. The SMILES string of the molecule is COc1ccc(C(=O)Nc2nc(C)c(C)s2)c(OC)c1C. The second kappa shape index (κ2) is 6.13. The van der Waals surface area contributed by atoms with E-state index < -0.39 is 0 Å². The third kappa shape index (κ3) is 3.00. The highest BCUT2D eigenvalue weighted by Crippen LogP contribution is 2.32. The number of amides is 1. The molecule has 1 N–H and O–H groups in total. The van der Waals surface area contributed by atoms with Crippen LogP contribution in [0.15, 0.2) is 12.1 Å². The lowest BCUT2D eigenvalue weighted by Gasteiger charge is -2.13. The van der Waals surface area contributed by atoms with Crippen LogP contribution < -0.4 is 14.8 Å². The summed E-state index contributed by atoms with van der Waals surface area (Å²) in [5.74, 6) is 0.951. The first-order valence-electron chi connectivity index (χ1n) is 6.45. The van der Waals surface area contributed by atoms with Crippen molar-refractivity contribution in [1.82, 2.24) is 4.98 Å². The number of rotatable bonds is 4. The Morgan fingerprint density at radius 2 is 1.90 bits per heavy atom. The average Bonchev–Trinajstić information content (AvgIpc) is 2.76. The Morgan fingerprint density at radius 3 is 2.43 bits per heavy atom. The quantitative estimate of drug-likeness (QED) is 0.941. The lowest BCUT2D eigenvalue weighted by molar-refractivity contribution is 0.102. The molecule has 0 radical (unpaired) electrons. The molecule has 0 aliphatic carbocycles. The standard InChI is InChI=1S/C15H18N2O3S/c1-8-12(19-4)7-6-11(13(8)20-5)14(18)17-15-16-9(2)10(3)21-15/h6-7H,1-5H3,(H,16,17,18). The molecule has 5 nitrogen and oxygen atoms in total. The highest BCUT2D eigenvalue weighted by Gasteiger charge is 2.18. The largest absolute Gasteiger partial charge is 0.496 e. The van der Waals surface area contributed by atoms with E-state index in [1.54, 1.807) is 19.2 Å². The number of hydrogen-bond donors (Lipinski definition) is 1. The number of aromatic nitrogens is 1. The topological polar surface area (TPSA) is 60.5 Å². The fourth-order valence-electron chi connectivity index (χ4n) is 2.03. The summed E-state index contributed by atoms with van der Waals surface area (Å²) in [5, 5.41) is 3.40. The predicted octanol–water partition coefficient (Wildman–Crippen LogP) is 3.34. The molecule has 0 atom stereocenters.